The summed E-state index contributed by atoms with van der Waals surface area (Å²) in [5, 5.41) is 0. The van der Waals surface area contributed by atoms with Gasteiger partial charge in [-0.05, 0) is 29.8 Å². The van der Waals surface area contributed by atoms with E-state index in [9.17, 15) is 26.4 Å². The summed E-state index contributed by atoms with van der Waals surface area (Å²) < 4.78 is 64.7. The summed E-state index contributed by atoms with van der Waals surface area (Å²) in [6, 6.07) is 7.41. The van der Waals surface area contributed by atoms with Crippen LogP contribution in [0.2, 0.25) is 4.34 Å². The molecule has 0 N–H and O–H groups in total. The fourth-order valence-corrected chi connectivity index (χ4v) is 5.90. The van der Waals surface area contributed by atoms with Crippen molar-refractivity contribution in [2.24, 2.45) is 0 Å². The minimum atomic E-state index is -4.42. The van der Waals surface area contributed by atoms with Gasteiger partial charge in [-0.3, -0.25) is 4.79 Å². The summed E-state index contributed by atoms with van der Waals surface area (Å²) in [7, 11) is -3.65. The summed E-state index contributed by atoms with van der Waals surface area (Å²) in [6.45, 7) is 0.739. The molecule has 11 heteroatoms. The van der Waals surface area contributed by atoms with Crippen molar-refractivity contribution in [2.75, 3.05) is 26.2 Å². The van der Waals surface area contributed by atoms with Gasteiger partial charge in [-0.15, -0.1) is 11.3 Å². The van der Waals surface area contributed by atoms with Crippen LogP contribution in [-0.2, 0) is 27.4 Å². The second-order valence-electron chi connectivity index (χ2n) is 6.21. The van der Waals surface area contributed by atoms with E-state index in [1.807, 2.05) is 0 Å². The number of carbonyl (C=O) groups is 1. The average Bonchev–Trinajstić information content (AvgIpc) is 3.09. The topological polar surface area (TPSA) is 57.7 Å². The molecule has 0 atom stereocenters. The molecular formula is C17H16ClF3N2O3S2. The smallest absolute Gasteiger partial charge is 0.340 e. The predicted molar refractivity (Wildman–Crippen MR) is 99.8 cm³/mol. The van der Waals surface area contributed by atoms with Crippen LogP contribution in [0.3, 0.4) is 0 Å². The molecule has 2 aromatic rings. The van der Waals surface area contributed by atoms with Gasteiger partial charge in [-0.2, -0.15) is 17.5 Å². The molecule has 0 bridgehead atoms. The Morgan fingerprint density at radius 2 is 1.64 bits per heavy atom. The molecule has 1 fully saturated rings. The average molecular weight is 453 g/mol. The van der Waals surface area contributed by atoms with E-state index < -0.39 is 21.8 Å². The first kappa shape index (κ1) is 21.1. The van der Waals surface area contributed by atoms with Crippen LogP contribution in [0.4, 0.5) is 13.2 Å². The van der Waals surface area contributed by atoms with Crippen molar-refractivity contribution in [2.45, 2.75) is 16.8 Å². The molecule has 5 nitrogen and oxygen atoms in total. The minimum Gasteiger partial charge on any atom is -0.340 e. The fraction of sp³-hybridized carbons (Fsp3) is 0.353. The highest BCUT2D eigenvalue weighted by atomic mass is 35.5. The van der Waals surface area contributed by atoms with Crippen LogP contribution < -0.4 is 0 Å². The third kappa shape index (κ3) is 4.68. The molecule has 1 amide bonds. The molecule has 0 saturated carbocycles. The quantitative estimate of drug-likeness (QED) is 0.713. The predicted octanol–water partition coefficient (Wildman–Crippen LogP) is 3.50. The molecule has 3 rings (SSSR count). The summed E-state index contributed by atoms with van der Waals surface area (Å²) >= 11 is 6.78. The second kappa shape index (κ2) is 8.02. The van der Waals surface area contributed by atoms with Crippen LogP contribution in [0.25, 0.3) is 0 Å². The van der Waals surface area contributed by atoms with Gasteiger partial charge in [0.1, 0.15) is 4.21 Å². The third-order valence-corrected chi connectivity index (χ3v) is 7.97. The largest absolute Gasteiger partial charge is 0.416 e. The number of thiophene rings is 1. The molecule has 1 aliphatic rings. The summed E-state index contributed by atoms with van der Waals surface area (Å²) in [6.07, 6.45) is -4.46. The Morgan fingerprint density at radius 1 is 1.04 bits per heavy atom. The number of nitrogens with zero attached hydrogens (tertiary/aromatic N) is 2. The Balaban J connectivity index is 1.58. The molecule has 0 unspecified atom stereocenters. The Labute approximate surface area is 169 Å². The van der Waals surface area contributed by atoms with Gasteiger partial charge in [0.15, 0.2) is 0 Å². The number of alkyl halides is 3. The van der Waals surface area contributed by atoms with Crippen LogP contribution in [0.15, 0.2) is 40.6 Å². The lowest BCUT2D eigenvalue weighted by molar-refractivity contribution is -0.137. The van der Waals surface area contributed by atoms with Gasteiger partial charge in [-0.1, -0.05) is 23.7 Å². The van der Waals surface area contributed by atoms with Crippen LogP contribution in [0.1, 0.15) is 11.1 Å². The first-order valence-electron chi connectivity index (χ1n) is 8.27. The zero-order valence-electron chi connectivity index (χ0n) is 14.4. The van der Waals surface area contributed by atoms with Gasteiger partial charge in [0.2, 0.25) is 5.91 Å². The molecule has 2 heterocycles. The monoisotopic (exact) mass is 452 g/mol. The fourth-order valence-electron chi connectivity index (χ4n) is 2.84. The Bertz CT molecular complexity index is 951. The number of amides is 1. The van der Waals surface area contributed by atoms with E-state index in [0.29, 0.717) is 9.90 Å². The van der Waals surface area contributed by atoms with E-state index in [4.69, 9.17) is 11.6 Å². The van der Waals surface area contributed by atoms with Crippen molar-refractivity contribution >= 4 is 38.9 Å². The Morgan fingerprint density at radius 3 is 2.14 bits per heavy atom. The maximum atomic E-state index is 12.6. The van der Waals surface area contributed by atoms with E-state index in [1.54, 1.807) is 0 Å². The highest BCUT2D eigenvalue weighted by molar-refractivity contribution is 7.91. The van der Waals surface area contributed by atoms with Gasteiger partial charge in [0, 0.05) is 26.2 Å². The van der Waals surface area contributed by atoms with Crippen molar-refractivity contribution in [1.82, 2.24) is 9.21 Å². The second-order valence-corrected chi connectivity index (χ2v) is 10.1. The Hall–Kier alpha value is -1.62. The van der Waals surface area contributed by atoms with Crippen molar-refractivity contribution in [3.63, 3.8) is 0 Å². The molecule has 1 aliphatic heterocycles. The standard InChI is InChI=1S/C17H16ClF3N2O3S2/c18-14-5-6-16(27-14)28(25,26)23-9-7-22(8-10-23)15(24)11-12-1-3-13(4-2-12)17(19,20)21/h1-6H,7-11H2. The third-order valence-electron chi connectivity index (χ3n) is 4.37. The molecule has 0 radical (unpaired) electrons. The number of carbonyl (C=O) groups excluding carboxylic acids is 1. The lowest BCUT2D eigenvalue weighted by Crippen LogP contribution is -2.50. The molecule has 28 heavy (non-hydrogen) atoms. The molecule has 0 aliphatic carbocycles. The van der Waals surface area contributed by atoms with Crippen molar-refractivity contribution in [3.8, 4) is 0 Å². The van der Waals surface area contributed by atoms with Gasteiger partial charge < -0.3 is 4.90 Å². The summed E-state index contributed by atoms with van der Waals surface area (Å²) in [5.74, 6) is -0.254. The van der Waals surface area contributed by atoms with E-state index in [0.717, 1.165) is 23.5 Å². The van der Waals surface area contributed by atoms with Crippen molar-refractivity contribution in [3.05, 3.63) is 51.9 Å². The van der Waals surface area contributed by atoms with Gasteiger partial charge in [-0.25, -0.2) is 8.42 Å². The van der Waals surface area contributed by atoms with Gasteiger partial charge in [0.05, 0.1) is 16.3 Å². The Kier molecular flexibility index (Phi) is 6.04. The number of hydrogen-bond donors (Lipinski definition) is 0. The first-order valence-corrected chi connectivity index (χ1v) is 10.9. The van der Waals surface area contributed by atoms with Crippen LogP contribution in [0.5, 0.6) is 0 Å². The number of hydrogen-bond acceptors (Lipinski definition) is 4. The van der Waals surface area contributed by atoms with Crippen LogP contribution in [-0.4, -0.2) is 49.7 Å². The molecule has 152 valence electrons. The summed E-state index contributed by atoms with van der Waals surface area (Å²) in [4.78, 5) is 13.9. The lowest BCUT2D eigenvalue weighted by Gasteiger charge is -2.33. The molecule has 1 saturated heterocycles. The van der Waals surface area contributed by atoms with E-state index in [-0.39, 0.29) is 42.7 Å². The van der Waals surface area contributed by atoms with Crippen LogP contribution >= 0.6 is 22.9 Å². The SMILES string of the molecule is O=C(Cc1ccc(C(F)(F)F)cc1)N1CCN(S(=O)(=O)c2ccc(Cl)s2)CC1. The lowest BCUT2D eigenvalue weighted by atomic mass is 10.1. The highest BCUT2D eigenvalue weighted by Gasteiger charge is 2.32. The zero-order chi connectivity index (χ0) is 20.5. The zero-order valence-corrected chi connectivity index (χ0v) is 16.8. The van der Waals surface area contributed by atoms with Crippen LogP contribution in [0, 0.1) is 0 Å². The number of halogens is 4. The summed E-state index contributed by atoms with van der Waals surface area (Å²) in [5.41, 5.74) is -0.294. The highest BCUT2D eigenvalue weighted by Crippen LogP contribution is 2.30. The van der Waals surface area contributed by atoms with Gasteiger partial charge in [0.25, 0.3) is 10.0 Å². The number of sulfonamides is 1. The molecule has 1 aromatic carbocycles. The van der Waals surface area contributed by atoms with E-state index in [2.05, 4.69) is 0 Å². The van der Waals surface area contributed by atoms with E-state index in [1.165, 1.54) is 33.5 Å². The van der Waals surface area contributed by atoms with Crippen molar-refractivity contribution < 1.29 is 26.4 Å². The number of piperazine rings is 1. The first-order chi connectivity index (χ1) is 13.1. The maximum absolute atomic E-state index is 12.6. The molecular weight excluding hydrogens is 437 g/mol. The molecule has 1 aromatic heterocycles. The van der Waals surface area contributed by atoms with Gasteiger partial charge >= 0.3 is 6.18 Å². The molecule has 0 spiro atoms. The number of benzene rings is 1. The van der Waals surface area contributed by atoms with E-state index >= 15 is 0 Å². The minimum absolute atomic E-state index is 0.0363. The number of rotatable bonds is 4. The maximum Gasteiger partial charge on any atom is 0.416 e. The van der Waals surface area contributed by atoms with Crippen molar-refractivity contribution in [1.29, 1.82) is 0 Å². The normalized spacial score (nSPS) is 16.4.